The van der Waals surface area contributed by atoms with E-state index in [2.05, 4.69) is 10.3 Å². The molecule has 2 aromatic carbocycles. The maximum absolute atomic E-state index is 12.0. The van der Waals surface area contributed by atoms with Gasteiger partial charge in [0.05, 0.1) is 18.4 Å². The summed E-state index contributed by atoms with van der Waals surface area (Å²) in [4.78, 5) is 28.4. The summed E-state index contributed by atoms with van der Waals surface area (Å²) < 4.78 is 11.0. The quantitative estimate of drug-likeness (QED) is 0.410. The van der Waals surface area contributed by atoms with E-state index >= 15 is 0 Å². The van der Waals surface area contributed by atoms with Crippen molar-refractivity contribution >= 4 is 50.9 Å². The molecule has 8 heteroatoms. The Morgan fingerprint density at radius 1 is 1.15 bits per heavy atom. The van der Waals surface area contributed by atoms with Crippen molar-refractivity contribution in [2.45, 2.75) is 0 Å². The molecule has 0 atom stereocenters. The first-order valence-electron chi connectivity index (χ1n) is 7.88. The molecule has 3 rings (SSSR count). The normalized spacial score (nSPS) is 10.3. The highest BCUT2D eigenvalue weighted by atomic mass is 127. The highest BCUT2D eigenvalue weighted by molar-refractivity contribution is 14.1. The molecule has 0 spiro atoms. The van der Waals surface area contributed by atoms with Crippen molar-refractivity contribution in [3.8, 4) is 17.0 Å². The Labute approximate surface area is 173 Å². The molecule has 0 aliphatic rings. The van der Waals surface area contributed by atoms with Crippen LogP contribution in [0.1, 0.15) is 10.4 Å². The van der Waals surface area contributed by atoms with Gasteiger partial charge in [0, 0.05) is 14.5 Å². The number of carbonyl (C=O) groups is 2. The number of amides is 1. The number of esters is 1. The SMILES string of the molecule is COc1ccc(-c2csc(NC(=O)COC(=O)c3ccccc3I)n2)cc1. The second-order valence-corrected chi connectivity index (χ2v) is 7.39. The van der Waals surface area contributed by atoms with Crippen LogP contribution in [-0.2, 0) is 9.53 Å². The van der Waals surface area contributed by atoms with Gasteiger partial charge in [0.2, 0.25) is 0 Å². The van der Waals surface area contributed by atoms with E-state index in [0.29, 0.717) is 10.7 Å². The van der Waals surface area contributed by atoms with Crippen LogP contribution >= 0.6 is 33.9 Å². The second-order valence-electron chi connectivity index (χ2n) is 5.37. The molecule has 0 saturated heterocycles. The molecule has 1 heterocycles. The highest BCUT2D eigenvalue weighted by Crippen LogP contribution is 2.26. The summed E-state index contributed by atoms with van der Waals surface area (Å²) in [5.41, 5.74) is 2.09. The number of anilines is 1. The average molecular weight is 494 g/mol. The Hall–Kier alpha value is -2.46. The third-order valence-electron chi connectivity index (χ3n) is 3.56. The number of methoxy groups -OCH3 is 1. The fraction of sp³-hybridized carbons (Fsp3) is 0.105. The van der Waals surface area contributed by atoms with Crippen LogP contribution in [0.4, 0.5) is 5.13 Å². The highest BCUT2D eigenvalue weighted by Gasteiger charge is 2.14. The number of aromatic nitrogens is 1. The third kappa shape index (κ3) is 5.04. The lowest BCUT2D eigenvalue weighted by Crippen LogP contribution is -2.21. The molecule has 3 aromatic rings. The summed E-state index contributed by atoms with van der Waals surface area (Å²) in [6.07, 6.45) is 0. The van der Waals surface area contributed by atoms with Gasteiger partial charge in [-0.2, -0.15) is 0 Å². The average Bonchev–Trinajstić information content (AvgIpc) is 3.15. The van der Waals surface area contributed by atoms with Gasteiger partial charge < -0.3 is 9.47 Å². The van der Waals surface area contributed by atoms with Gasteiger partial charge in [0.15, 0.2) is 11.7 Å². The topological polar surface area (TPSA) is 77.5 Å². The summed E-state index contributed by atoms with van der Waals surface area (Å²) in [5, 5.41) is 4.92. The summed E-state index contributed by atoms with van der Waals surface area (Å²) >= 11 is 3.35. The number of nitrogens with one attached hydrogen (secondary N) is 1. The van der Waals surface area contributed by atoms with Gasteiger partial charge in [-0.25, -0.2) is 9.78 Å². The van der Waals surface area contributed by atoms with E-state index < -0.39 is 11.9 Å². The van der Waals surface area contributed by atoms with Crippen LogP contribution in [-0.4, -0.2) is 30.6 Å². The molecule has 138 valence electrons. The number of thiazole rings is 1. The van der Waals surface area contributed by atoms with Crippen LogP contribution in [0.15, 0.2) is 53.9 Å². The van der Waals surface area contributed by atoms with Gasteiger partial charge in [-0.1, -0.05) is 12.1 Å². The van der Waals surface area contributed by atoms with Crippen molar-refractivity contribution in [2.75, 3.05) is 19.0 Å². The van der Waals surface area contributed by atoms with Crippen LogP contribution in [0.3, 0.4) is 0 Å². The molecule has 0 bridgehead atoms. The lowest BCUT2D eigenvalue weighted by Gasteiger charge is -2.06. The van der Waals surface area contributed by atoms with E-state index in [1.54, 1.807) is 25.3 Å². The maximum atomic E-state index is 12.0. The predicted octanol–water partition coefficient (Wildman–Crippen LogP) is 4.22. The van der Waals surface area contributed by atoms with Gasteiger partial charge in [-0.15, -0.1) is 11.3 Å². The molecule has 0 fully saturated rings. The van der Waals surface area contributed by atoms with Gasteiger partial charge >= 0.3 is 5.97 Å². The molecule has 0 unspecified atom stereocenters. The third-order valence-corrected chi connectivity index (χ3v) is 5.26. The summed E-state index contributed by atoms with van der Waals surface area (Å²) in [6, 6.07) is 14.5. The van der Waals surface area contributed by atoms with Crippen LogP contribution in [0.5, 0.6) is 5.75 Å². The van der Waals surface area contributed by atoms with Crippen molar-refractivity contribution in [2.24, 2.45) is 0 Å². The van der Waals surface area contributed by atoms with E-state index in [-0.39, 0.29) is 6.61 Å². The van der Waals surface area contributed by atoms with Crippen molar-refractivity contribution in [3.05, 3.63) is 63.0 Å². The Kier molecular flexibility index (Phi) is 6.40. The van der Waals surface area contributed by atoms with Crippen LogP contribution < -0.4 is 10.1 Å². The zero-order chi connectivity index (χ0) is 19.2. The van der Waals surface area contributed by atoms with Gasteiger partial charge in [-0.05, 0) is 59.0 Å². The molecular weight excluding hydrogens is 479 g/mol. The molecule has 1 amide bonds. The molecule has 6 nitrogen and oxygen atoms in total. The smallest absolute Gasteiger partial charge is 0.339 e. The Morgan fingerprint density at radius 2 is 1.89 bits per heavy atom. The largest absolute Gasteiger partial charge is 0.497 e. The molecule has 1 N–H and O–H groups in total. The van der Waals surface area contributed by atoms with E-state index in [1.807, 2.05) is 58.3 Å². The molecule has 27 heavy (non-hydrogen) atoms. The standard InChI is InChI=1S/C19H15IN2O4S/c1-25-13-8-6-12(7-9-13)16-11-27-19(21-16)22-17(23)10-26-18(24)14-4-2-3-5-15(14)20/h2-9,11H,10H2,1H3,(H,21,22,23). The summed E-state index contributed by atoms with van der Waals surface area (Å²) in [7, 11) is 1.61. The van der Waals surface area contributed by atoms with Gasteiger partial charge in [0.1, 0.15) is 5.75 Å². The van der Waals surface area contributed by atoms with E-state index in [9.17, 15) is 9.59 Å². The first kappa shape index (κ1) is 19.3. The maximum Gasteiger partial charge on any atom is 0.339 e. The molecule has 0 radical (unpaired) electrons. The molecule has 0 aliphatic carbocycles. The van der Waals surface area contributed by atoms with E-state index in [0.717, 1.165) is 20.6 Å². The van der Waals surface area contributed by atoms with E-state index in [1.165, 1.54) is 11.3 Å². The minimum Gasteiger partial charge on any atom is -0.497 e. The van der Waals surface area contributed by atoms with Gasteiger partial charge in [0.25, 0.3) is 5.91 Å². The van der Waals surface area contributed by atoms with Crippen molar-refractivity contribution in [1.82, 2.24) is 4.98 Å². The number of rotatable bonds is 6. The molecule has 1 aromatic heterocycles. The zero-order valence-corrected chi connectivity index (χ0v) is 17.2. The number of benzene rings is 2. The lowest BCUT2D eigenvalue weighted by atomic mass is 10.2. The minimum atomic E-state index is -0.534. The van der Waals surface area contributed by atoms with Crippen LogP contribution in [0.2, 0.25) is 0 Å². The zero-order valence-electron chi connectivity index (χ0n) is 14.3. The number of halogens is 1. The Balaban J connectivity index is 1.56. The van der Waals surface area contributed by atoms with E-state index in [4.69, 9.17) is 9.47 Å². The fourth-order valence-electron chi connectivity index (χ4n) is 2.22. The van der Waals surface area contributed by atoms with Crippen molar-refractivity contribution in [3.63, 3.8) is 0 Å². The van der Waals surface area contributed by atoms with Crippen molar-refractivity contribution in [1.29, 1.82) is 0 Å². The Morgan fingerprint density at radius 3 is 2.59 bits per heavy atom. The first-order valence-corrected chi connectivity index (χ1v) is 9.84. The lowest BCUT2D eigenvalue weighted by molar-refractivity contribution is -0.119. The summed E-state index contributed by atoms with van der Waals surface area (Å²) in [6.45, 7) is -0.374. The number of hydrogen-bond acceptors (Lipinski definition) is 6. The van der Waals surface area contributed by atoms with Gasteiger partial charge in [-0.3, -0.25) is 10.1 Å². The predicted molar refractivity (Wildman–Crippen MR) is 112 cm³/mol. The first-order chi connectivity index (χ1) is 13.1. The van der Waals surface area contributed by atoms with Crippen LogP contribution in [0, 0.1) is 3.57 Å². The summed E-state index contributed by atoms with van der Waals surface area (Å²) in [5.74, 6) is -0.212. The van der Waals surface area contributed by atoms with Crippen molar-refractivity contribution < 1.29 is 19.1 Å². The molecular formula is C19H15IN2O4S. The number of nitrogens with zero attached hydrogens (tertiary/aromatic N) is 1. The van der Waals surface area contributed by atoms with Crippen LogP contribution in [0.25, 0.3) is 11.3 Å². The Bertz CT molecular complexity index is 956. The number of hydrogen-bond donors (Lipinski definition) is 1. The molecule has 0 aliphatic heterocycles. The second kappa shape index (κ2) is 8.96. The number of ether oxygens (including phenoxy) is 2. The molecule has 0 saturated carbocycles. The fourth-order valence-corrected chi connectivity index (χ4v) is 3.56. The number of carbonyl (C=O) groups excluding carboxylic acids is 2. The monoisotopic (exact) mass is 494 g/mol. The minimum absolute atomic E-state index is 0.374.